The van der Waals surface area contributed by atoms with Crippen molar-refractivity contribution in [2.24, 2.45) is 0 Å². The zero-order valence-corrected chi connectivity index (χ0v) is 34.4. The lowest BCUT2D eigenvalue weighted by atomic mass is 9.85. The third-order valence-electron chi connectivity index (χ3n) is 9.48. The second-order valence-electron chi connectivity index (χ2n) is 14.5. The lowest BCUT2D eigenvalue weighted by Crippen LogP contribution is -2.64. The van der Waals surface area contributed by atoms with Crippen LogP contribution in [0, 0.1) is 0 Å². The van der Waals surface area contributed by atoms with Crippen molar-refractivity contribution in [2.75, 3.05) is 13.2 Å². The first kappa shape index (κ1) is 51.1. The maximum atomic E-state index is 12.7. The second-order valence-corrected chi connectivity index (χ2v) is 15.9. The summed E-state index contributed by atoms with van der Waals surface area (Å²) in [5.74, 6) is -1.13. The normalized spacial score (nSPS) is 23.4. The van der Waals surface area contributed by atoms with E-state index in [2.05, 4.69) is 50.3 Å². The van der Waals surface area contributed by atoms with Gasteiger partial charge in [0.2, 0.25) is 0 Å². The zero-order valence-electron chi connectivity index (χ0n) is 33.5. The fourth-order valence-electron chi connectivity index (χ4n) is 6.06. The second kappa shape index (κ2) is 32.1. The molecule has 1 rings (SSSR count). The molecule has 0 spiro atoms. The molecule has 0 saturated heterocycles. The van der Waals surface area contributed by atoms with Crippen LogP contribution in [0.4, 0.5) is 0 Å². The minimum absolute atomic E-state index is 0.0921. The number of carbonyl (C=O) groups is 2. The van der Waals surface area contributed by atoms with Gasteiger partial charge in [0.15, 0.2) is 6.10 Å². The minimum Gasteiger partial charge on any atom is -0.462 e. The molecule has 0 aromatic heterocycles. The van der Waals surface area contributed by atoms with Crippen molar-refractivity contribution in [3.8, 4) is 0 Å². The summed E-state index contributed by atoms with van der Waals surface area (Å²) in [5.41, 5.74) is 0. The number of aliphatic hydroxyl groups excluding tert-OH is 5. The third kappa shape index (κ3) is 25.1. The fraction of sp³-hybridized carbons (Fsp3) is 0.805. The van der Waals surface area contributed by atoms with Crippen molar-refractivity contribution in [1.29, 1.82) is 0 Å². The molecule has 0 amide bonds. The number of hydrogen-bond donors (Lipinski definition) is 6. The van der Waals surface area contributed by atoms with Gasteiger partial charge >= 0.3 is 19.8 Å². The Kier molecular flexibility index (Phi) is 29.8. The molecule has 8 atom stereocenters. The molecule has 0 bridgehead atoms. The monoisotopic (exact) mass is 804 g/mol. The number of ether oxygens (including phenoxy) is 2. The average Bonchev–Trinajstić information content (AvgIpc) is 3.16. The summed E-state index contributed by atoms with van der Waals surface area (Å²) in [6, 6.07) is 0. The van der Waals surface area contributed by atoms with Gasteiger partial charge in [-0.2, -0.15) is 0 Å². The van der Waals surface area contributed by atoms with E-state index in [0.717, 1.165) is 70.6 Å². The first-order valence-electron chi connectivity index (χ1n) is 20.8. The van der Waals surface area contributed by atoms with Gasteiger partial charge in [-0.05, 0) is 51.4 Å². The quantitative estimate of drug-likeness (QED) is 0.0170. The Bertz CT molecular complexity index is 1110. The highest BCUT2D eigenvalue weighted by Crippen LogP contribution is 2.47. The predicted molar refractivity (Wildman–Crippen MR) is 212 cm³/mol. The number of hydrogen-bond acceptors (Lipinski definition) is 12. The highest BCUT2D eigenvalue weighted by atomic mass is 31.2. The molecule has 0 aliphatic heterocycles. The van der Waals surface area contributed by atoms with E-state index in [0.29, 0.717) is 12.8 Å². The average molecular weight is 805 g/mol. The van der Waals surface area contributed by atoms with E-state index >= 15 is 0 Å². The summed E-state index contributed by atoms with van der Waals surface area (Å²) in [6.07, 6.45) is 20.8. The lowest BCUT2D eigenvalue weighted by molar-refractivity contribution is -0.220. The Balaban J connectivity index is 2.49. The Labute approximate surface area is 329 Å². The number of phosphoric ester groups is 1. The molecule has 0 aromatic carbocycles. The number of carbonyl (C=O) groups excluding carboxylic acids is 2. The number of phosphoric acid groups is 1. The van der Waals surface area contributed by atoms with Crippen molar-refractivity contribution in [2.45, 2.75) is 198 Å². The van der Waals surface area contributed by atoms with Crippen molar-refractivity contribution in [3.05, 3.63) is 36.5 Å². The molecule has 6 unspecified atom stereocenters. The van der Waals surface area contributed by atoms with Crippen molar-refractivity contribution >= 4 is 19.8 Å². The Morgan fingerprint density at radius 3 is 1.53 bits per heavy atom. The van der Waals surface area contributed by atoms with E-state index < -0.39 is 75.7 Å². The molecular formula is C41H73O13P. The number of aliphatic hydroxyl groups is 5. The number of rotatable bonds is 33. The van der Waals surface area contributed by atoms with E-state index in [1.54, 1.807) is 0 Å². The molecule has 1 aliphatic carbocycles. The molecule has 1 saturated carbocycles. The van der Waals surface area contributed by atoms with Crippen LogP contribution < -0.4 is 0 Å². The largest absolute Gasteiger partial charge is 0.472 e. The molecule has 1 fully saturated rings. The number of unbranched alkanes of at least 4 members (excludes halogenated alkanes) is 15. The van der Waals surface area contributed by atoms with Gasteiger partial charge in [-0.1, -0.05) is 127 Å². The first-order chi connectivity index (χ1) is 26.4. The van der Waals surface area contributed by atoms with Crippen LogP contribution in [0.15, 0.2) is 36.5 Å². The standard InChI is InChI=1S/C41H73O13P/c1-3-5-7-9-11-13-14-15-16-17-18-19-20-22-23-25-27-29-34(42)51-31-33(53-35(43)30-28-26-24-21-12-10-8-6-4-2)32-52-55(49,50)54-41-39(47)37(45)36(44)38(46)40(41)48/h11,13,15-16,18-19,33,36-41,44-48H,3-10,12,14,17,20-32H2,1-2H3,(H,49,50)/b13-11+,16-15+,19-18+/t33-,36?,37-,38?,39?,40?,41?/m0/s1. The highest BCUT2D eigenvalue weighted by molar-refractivity contribution is 7.47. The maximum Gasteiger partial charge on any atom is 0.472 e. The number of esters is 2. The zero-order chi connectivity index (χ0) is 40.7. The smallest absolute Gasteiger partial charge is 0.462 e. The van der Waals surface area contributed by atoms with Gasteiger partial charge in [0.25, 0.3) is 0 Å². The van der Waals surface area contributed by atoms with Crippen LogP contribution in [0.25, 0.3) is 0 Å². The van der Waals surface area contributed by atoms with E-state index in [-0.39, 0.29) is 12.8 Å². The molecule has 14 heteroatoms. The Hall–Kier alpha value is -1.93. The summed E-state index contributed by atoms with van der Waals surface area (Å²) in [5, 5.41) is 49.9. The van der Waals surface area contributed by atoms with Crippen molar-refractivity contribution in [3.63, 3.8) is 0 Å². The van der Waals surface area contributed by atoms with Crippen LogP contribution in [0.2, 0.25) is 0 Å². The fourth-order valence-corrected chi connectivity index (χ4v) is 7.03. The van der Waals surface area contributed by atoms with Gasteiger partial charge in [-0.3, -0.25) is 18.6 Å². The summed E-state index contributed by atoms with van der Waals surface area (Å²) in [7, 11) is -5.11. The number of allylic oxidation sites excluding steroid dienone is 6. The van der Waals surface area contributed by atoms with Crippen molar-refractivity contribution < 1.29 is 63.1 Å². The molecule has 13 nitrogen and oxygen atoms in total. The Morgan fingerprint density at radius 2 is 0.982 bits per heavy atom. The van der Waals surface area contributed by atoms with E-state index in [9.17, 15) is 44.6 Å². The first-order valence-corrected chi connectivity index (χ1v) is 22.3. The molecule has 320 valence electrons. The summed E-state index contributed by atoms with van der Waals surface area (Å²) >= 11 is 0. The molecule has 55 heavy (non-hydrogen) atoms. The van der Waals surface area contributed by atoms with Crippen LogP contribution >= 0.6 is 7.82 Å². The topological polar surface area (TPSA) is 210 Å². The van der Waals surface area contributed by atoms with Gasteiger partial charge in [0.05, 0.1) is 6.61 Å². The molecule has 0 heterocycles. The lowest BCUT2D eigenvalue weighted by Gasteiger charge is -2.41. The van der Waals surface area contributed by atoms with E-state index in [4.69, 9.17) is 18.5 Å². The van der Waals surface area contributed by atoms with Gasteiger partial charge < -0.3 is 39.9 Å². The van der Waals surface area contributed by atoms with Gasteiger partial charge in [0.1, 0.15) is 43.2 Å². The van der Waals surface area contributed by atoms with Crippen LogP contribution in [-0.4, -0.2) is 98.3 Å². The molecule has 0 aromatic rings. The highest BCUT2D eigenvalue weighted by Gasteiger charge is 2.51. The molecule has 6 N–H and O–H groups in total. The maximum absolute atomic E-state index is 12.7. The predicted octanol–water partition coefficient (Wildman–Crippen LogP) is 7.05. The molecule has 1 aliphatic rings. The summed E-state index contributed by atoms with van der Waals surface area (Å²) < 4.78 is 33.3. The van der Waals surface area contributed by atoms with E-state index in [1.165, 1.54) is 44.9 Å². The van der Waals surface area contributed by atoms with Gasteiger partial charge in [-0.25, -0.2) is 4.57 Å². The van der Waals surface area contributed by atoms with Crippen LogP contribution in [0.1, 0.15) is 155 Å². The van der Waals surface area contributed by atoms with Gasteiger partial charge in [0, 0.05) is 12.8 Å². The van der Waals surface area contributed by atoms with Gasteiger partial charge in [-0.15, -0.1) is 0 Å². The summed E-state index contributed by atoms with van der Waals surface area (Å²) in [4.78, 5) is 35.5. The third-order valence-corrected chi connectivity index (χ3v) is 10.5. The minimum atomic E-state index is -5.11. The van der Waals surface area contributed by atoms with Crippen LogP contribution in [-0.2, 0) is 32.7 Å². The molecule has 0 radical (unpaired) electrons. The summed E-state index contributed by atoms with van der Waals surface area (Å²) in [6.45, 7) is 3.19. The SMILES string of the molecule is CCCCC/C=C/C/C=C/C/C=C/CCCCCCC(=O)OC[C@@H](COP(=O)(O)OC1C(O)C(O)C(O)[C@H](O)C1O)OC(=O)CCCCCCCCCCC. The van der Waals surface area contributed by atoms with E-state index in [1.807, 2.05) is 0 Å². The molecular weight excluding hydrogens is 731 g/mol. The Morgan fingerprint density at radius 1 is 0.564 bits per heavy atom. The van der Waals surface area contributed by atoms with Crippen molar-refractivity contribution in [1.82, 2.24) is 0 Å². The van der Waals surface area contributed by atoms with Crippen LogP contribution in [0.5, 0.6) is 0 Å². The van der Waals surface area contributed by atoms with Crippen LogP contribution in [0.3, 0.4) is 0 Å².